The van der Waals surface area contributed by atoms with Gasteiger partial charge in [-0.25, -0.2) is 4.39 Å². The lowest BCUT2D eigenvalue weighted by Crippen LogP contribution is -2.22. The quantitative estimate of drug-likeness (QED) is 0.644. The summed E-state index contributed by atoms with van der Waals surface area (Å²) in [6.45, 7) is 0.00949. The molecule has 0 fully saturated rings. The van der Waals surface area contributed by atoms with Gasteiger partial charge in [0.05, 0.1) is 17.3 Å². The van der Waals surface area contributed by atoms with Gasteiger partial charge in [0.15, 0.2) is 16.3 Å². The van der Waals surface area contributed by atoms with E-state index in [0.717, 1.165) is 4.70 Å². The summed E-state index contributed by atoms with van der Waals surface area (Å²) < 4.78 is 30.9. The Kier molecular flexibility index (Phi) is 4.36. The van der Waals surface area contributed by atoms with E-state index in [2.05, 4.69) is 4.99 Å². The summed E-state index contributed by atoms with van der Waals surface area (Å²) in [6.07, 6.45) is 0. The largest absolute Gasteiger partial charge is 0.468 e. The van der Waals surface area contributed by atoms with E-state index < -0.39 is 17.7 Å². The molecule has 0 spiro atoms. The molecule has 0 atom stereocenters. The Morgan fingerprint density at radius 2 is 1.93 bits per heavy atom. The first-order chi connectivity index (χ1) is 13.0. The van der Waals surface area contributed by atoms with Crippen LogP contribution in [0, 0.1) is 5.82 Å². The summed E-state index contributed by atoms with van der Waals surface area (Å²) in [4.78, 5) is 28.7. The van der Waals surface area contributed by atoms with Crippen LogP contribution in [0.15, 0.2) is 41.4 Å². The molecule has 4 rings (SSSR count). The van der Waals surface area contributed by atoms with Crippen molar-refractivity contribution in [2.24, 2.45) is 4.99 Å². The molecular formula is C18H13FN2O5S. The third-order valence-corrected chi connectivity index (χ3v) is 5.02. The monoisotopic (exact) mass is 388 g/mol. The number of ether oxygens (including phenoxy) is 3. The van der Waals surface area contributed by atoms with E-state index in [9.17, 15) is 14.0 Å². The van der Waals surface area contributed by atoms with Gasteiger partial charge < -0.3 is 18.8 Å². The molecule has 9 heteroatoms. The maximum absolute atomic E-state index is 13.1. The van der Waals surface area contributed by atoms with Crippen LogP contribution in [-0.4, -0.2) is 30.3 Å². The van der Waals surface area contributed by atoms with Gasteiger partial charge in [0.2, 0.25) is 6.79 Å². The predicted molar refractivity (Wildman–Crippen MR) is 94.2 cm³/mol. The van der Waals surface area contributed by atoms with E-state index in [-0.39, 0.29) is 18.9 Å². The van der Waals surface area contributed by atoms with Gasteiger partial charge >= 0.3 is 5.97 Å². The van der Waals surface area contributed by atoms with Crippen molar-refractivity contribution in [2.75, 3.05) is 13.9 Å². The Balaban J connectivity index is 1.85. The summed E-state index contributed by atoms with van der Waals surface area (Å²) in [5.41, 5.74) is 0.910. The molecule has 1 amide bonds. The molecule has 1 aromatic heterocycles. The number of esters is 1. The average Bonchev–Trinajstić information content (AvgIpc) is 3.24. The van der Waals surface area contributed by atoms with Gasteiger partial charge in [-0.05, 0) is 24.3 Å². The molecule has 1 aliphatic heterocycles. The standard InChI is InChI=1S/C18H13FN2O5S/c1-24-16(22)8-21-12-6-13-14(26-9-25-13)7-15(12)27-18(21)20-17(23)10-2-4-11(19)5-3-10/h2-7H,8-9H2,1H3. The molecule has 1 aliphatic rings. The second-order valence-corrected chi connectivity index (χ2v) is 6.65. The fourth-order valence-electron chi connectivity index (χ4n) is 2.64. The van der Waals surface area contributed by atoms with Crippen LogP contribution in [0.25, 0.3) is 10.2 Å². The number of carbonyl (C=O) groups excluding carboxylic acids is 2. The van der Waals surface area contributed by atoms with Crippen molar-refractivity contribution in [1.29, 1.82) is 0 Å². The Labute approximate surface area is 156 Å². The lowest BCUT2D eigenvalue weighted by Gasteiger charge is -2.04. The minimum absolute atomic E-state index is 0.119. The smallest absolute Gasteiger partial charge is 0.325 e. The maximum Gasteiger partial charge on any atom is 0.325 e. The predicted octanol–water partition coefficient (Wildman–Crippen LogP) is 2.48. The highest BCUT2D eigenvalue weighted by atomic mass is 32.1. The van der Waals surface area contributed by atoms with Gasteiger partial charge in [0, 0.05) is 17.7 Å². The van der Waals surface area contributed by atoms with Gasteiger partial charge in [-0.15, -0.1) is 0 Å². The molecule has 0 bridgehead atoms. The fourth-order valence-corrected chi connectivity index (χ4v) is 3.67. The van der Waals surface area contributed by atoms with Crippen molar-refractivity contribution >= 4 is 33.4 Å². The first-order valence-electron chi connectivity index (χ1n) is 7.89. The van der Waals surface area contributed by atoms with E-state index in [1.165, 1.54) is 42.7 Å². The van der Waals surface area contributed by atoms with Crippen LogP contribution in [-0.2, 0) is 16.1 Å². The number of carbonyl (C=O) groups is 2. The van der Waals surface area contributed by atoms with Gasteiger partial charge in [-0.2, -0.15) is 4.99 Å². The van der Waals surface area contributed by atoms with Crippen LogP contribution in [0.5, 0.6) is 11.5 Å². The molecule has 138 valence electrons. The number of hydrogen-bond donors (Lipinski definition) is 0. The summed E-state index contributed by atoms with van der Waals surface area (Å²) in [5.74, 6) is -0.326. The van der Waals surface area contributed by atoms with Crippen LogP contribution >= 0.6 is 11.3 Å². The molecule has 2 heterocycles. The number of rotatable bonds is 3. The summed E-state index contributed by atoms with van der Waals surface area (Å²) >= 11 is 1.23. The fraction of sp³-hybridized carbons (Fsp3) is 0.167. The summed E-state index contributed by atoms with van der Waals surface area (Å²) in [6, 6.07) is 8.60. The lowest BCUT2D eigenvalue weighted by molar-refractivity contribution is -0.141. The Morgan fingerprint density at radius 1 is 1.22 bits per heavy atom. The highest BCUT2D eigenvalue weighted by molar-refractivity contribution is 7.16. The number of nitrogens with zero attached hydrogens (tertiary/aromatic N) is 2. The molecule has 0 N–H and O–H groups in total. The molecule has 27 heavy (non-hydrogen) atoms. The summed E-state index contributed by atoms with van der Waals surface area (Å²) in [5, 5.41) is 0. The van der Waals surface area contributed by atoms with Crippen LogP contribution in [0.4, 0.5) is 4.39 Å². The number of benzene rings is 2. The number of amides is 1. The van der Waals surface area contributed by atoms with Crippen molar-refractivity contribution in [2.45, 2.75) is 6.54 Å². The second-order valence-electron chi connectivity index (χ2n) is 5.64. The Morgan fingerprint density at radius 3 is 2.63 bits per heavy atom. The van der Waals surface area contributed by atoms with Gasteiger partial charge in [-0.1, -0.05) is 11.3 Å². The van der Waals surface area contributed by atoms with Crippen molar-refractivity contribution < 1.29 is 28.2 Å². The number of hydrogen-bond acceptors (Lipinski definition) is 6. The van der Waals surface area contributed by atoms with Crippen LogP contribution in [0.2, 0.25) is 0 Å². The van der Waals surface area contributed by atoms with E-state index in [1.807, 2.05) is 0 Å². The number of halogens is 1. The van der Waals surface area contributed by atoms with Crippen molar-refractivity contribution in [3.8, 4) is 11.5 Å². The highest BCUT2D eigenvalue weighted by Gasteiger charge is 2.19. The zero-order valence-corrected chi connectivity index (χ0v) is 14.9. The zero-order valence-electron chi connectivity index (χ0n) is 14.1. The summed E-state index contributed by atoms with van der Waals surface area (Å²) in [7, 11) is 1.28. The number of aromatic nitrogens is 1. The molecule has 3 aromatic rings. The molecule has 0 saturated heterocycles. The number of thiazole rings is 1. The lowest BCUT2D eigenvalue weighted by atomic mass is 10.2. The Bertz CT molecular complexity index is 1120. The van der Waals surface area contributed by atoms with E-state index >= 15 is 0 Å². The van der Waals surface area contributed by atoms with E-state index in [0.29, 0.717) is 21.8 Å². The maximum atomic E-state index is 13.1. The van der Waals surface area contributed by atoms with Crippen molar-refractivity contribution in [3.05, 3.63) is 52.6 Å². The van der Waals surface area contributed by atoms with E-state index in [4.69, 9.17) is 14.2 Å². The minimum Gasteiger partial charge on any atom is -0.468 e. The highest BCUT2D eigenvalue weighted by Crippen LogP contribution is 2.37. The third kappa shape index (κ3) is 3.28. The van der Waals surface area contributed by atoms with Crippen molar-refractivity contribution in [3.63, 3.8) is 0 Å². The van der Waals surface area contributed by atoms with Crippen molar-refractivity contribution in [1.82, 2.24) is 4.57 Å². The molecule has 0 radical (unpaired) electrons. The molecular weight excluding hydrogens is 375 g/mol. The molecule has 7 nitrogen and oxygen atoms in total. The Hall–Kier alpha value is -3.20. The van der Waals surface area contributed by atoms with Gasteiger partial charge in [0.1, 0.15) is 12.4 Å². The second kappa shape index (κ2) is 6.84. The SMILES string of the molecule is COC(=O)Cn1c(=NC(=O)c2ccc(F)cc2)sc2cc3c(cc21)OCO3. The number of methoxy groups -OCH3 is 1. The van der Waals surface area contributed by atoms with Gasteiger partial charge in [-0.3, -0.25) is 9.59 Å². The molecule has 2 aromatic carbocycles. The van der Waals surface area contributed by atoms with Crippen LogP contribution in [0.1, 0.15) is 10.4 Å². The van der Waals surface area contributed by atoms with E-state index in [1.54, 1.807) is 16.7 Å². The normalized spacial score (nSPS) is 13.2. The average molecular weight is 388 g/mol. The first-order valence-corrected chi connectivity index (χ1v) is 8.71. The van der Waals surface area contributed by atoms with Crippen LogP contribution in [0.3, 0.4) is 0 Å². The zero-order chi connectivity index (χ0) is 19.0. The third-order valence-electron chi connectivity index (χ3n) is 3.98. The number of fused-ring (bicyclic) bond motifs is 2. The first kappa shape index (κ1) is 17.2. The minimum atomic E-state index is -0.541. The van der Waals surface area contributed by atoms with Gasteiger partial charge in [0.25, 0.3) is 5.91 Å². The topological polar surface area (TPSA) is 79.1 Å². The molecule has 0 saturated carbocycles. The van der Waals surface area contributed by atoms with Crippen LogP contribution < -0.4 is 14.3 Å². The molecule has 0 aliphatic carbocycles. The molecule has 0 unspecified atom stereocenters.